The van der Waals surface area contributed by atoms with E-state index in [1.54, 1.807) is 12.1 Å². The summed E-state index contributed by atoms with van der Waals surface area (Å²) < 4.78 is 28.1. The first-order valence-electron chi connectivity index (χ1n) is 11.1. The summed E-state index contributed by atoms with van der Waals surface area (Å²) in [5, 5.41) is 3.49. The average molecular weight is 517 g/mol. The number of carbonyl (C=O) groups is 1. The van der Waals surface area contributed by atoms with Gasteiger partial charge >= 0.3 is 0 Å². The molecule has 0 spiro atoms. The van der Waals surface area contributed by atoms with Crippen LogP contribution in [0.25, 0.3) is 0 Å². The summed E-state index contributed by atoms with van der Waals surface area (Å²) in [6, 6.07) is 16.9. The van der Waals surface area contributed by atoms with E-state index in [9.17, 15) is 13.2 Å². The van der Waals surface area contributed by atoms with Gasteiger partial charge in [-0.3, -0.25) is 9.10 Å². The van der Waals surface area contributed by atoms with Crippen LogP contribution in [-0.2, 0) is 27.7 Å². The van der Waals surface area contributed by atoms with Crippen LogP contribution in [0.3, 0.4) is 0 Å². The lowest BCUT2D eigenvalue weighted by Crippen LogP contribution is -2.41. The maximum Gasteiger partial charge on any atom is 0.264 e. The number of halogens is 2. The van der Waals surface area contributed by atoms with Gasteiger partial charge < -0.3 is 5.32 Å². The van der Waals surface area contributed by atoms with Gasteiger partial charge in [-0.15, -0.1) is 0 Å². The minimum absolute atomic E-state index is 0.0775. The first-order valence-corrected chi connectivity index (χ1v) is 13.3. The molecule has 0 radical (unpaired) electrons. The number of benzene rings is 3. The molecule has 1 amide bonds. The highest BCUT2D eigenvalue weighted by Gasteiger charge is 2.28. The third-order valence-electron chi connectivity index (χ3n) is 6.03. The third kappa shape index (κ3) is 5.40. The normalized spacial score (nSPS) is 13.9. The van der Waals surface area contributed by atoms with Crippen LogP contribution in [-0.4, -0.2) is 20.9 Å². The Hall–Kier alpha value is -2.54. The van der Waals surface area contributed by atoms with E-state index in [-0.39, 0.29) is 26.7 Å². The number of hydrogen-bond donors (Lipinski definition) is 1. The number of sulfonamides is 1. The Kier molecular flexibility index (Phi) is 7.22. The van der Waals surface area contributed by atoms with E-state index in [0.717, 1.165) is 34.7 Å². The molecule has 0 heterocycles. The minimum Gasteiger partial charge on any atom is -0.348 e. The van der Waals surface area contributed by atoms with Crippen molar-refractivity contribution in [3.05, 3.63) is 93.0 Å². The van der Waals surface area contributed by atoms with Gasteiger partial charge in [-0.1, -0.05) is 59.1 Å². The van der Waals surface area contributed by atoms with Crippen molar-refractivity contribution in [2.75, 3.05) is 10.8 Å². The number of aryl methyl sites for hydroxylation is 3. The van der Waals surface area contributed by atoms with Crippen molar-refractivity contribution in [1.29, 1.82) is 0 Å². The molecule has 0 saturated carbocycles. The minimum atomic E-state index is -4.05. The summed E-state index contributed by atoms with van der Waals surface area (Å²) >= 11 is 12.3. The Morgan fingerprint density at radius 3 is 2.29 bits per heavy atom. The number of rotatable bonds is 7. The number of nitrogens with zero attached hydrogens (tertiary/aromatic N) is 1. The molecule has 0 aromatic heterocycles. The zero-order valence-corrected chi connectivity index (χ0v) is 21.3. The molecule has 8 heteroatoms. The van der Waals surface area contributed by atoms with Gasteiger partial charge in [-0.05, 0) is 80.1 Å². The third-order valence-corrected chi connectivity index (χ3v) is 8.26. The molecule has 0 fully saturated rings. The second-order valence-electron chi connectivity index (χ2n) is 8.62. The molecule has 1 N–H and O–H groups in total. The van der Waals surface area contributed by atoms with Crippen molar-refractivity contribution in [1.82, 2.24) is 5.32 Å². The molecule has 3 aromatic rings. The molecule has 0 unspecified atom stereocenters. The maximum atomic E-state index is 13.5. The van der Waals surface area contributed by atoms with E-state index >= 15 is 0 Å². The summed E-state index contributed by atoms with van der Waals surface area (Å²) in [5.41, 5.74) is 4.81. The number of nitrogens with one attached hydrogen (secondary N) is 1. The van der Waals surface area contributed by atoms with Gasteiger partial charge in [0.2, 0.25) is 5.91 Å². The first-order chi connectivity index (χ1) is 16.1. The Morgan fingerprint density at radius 2 is 1.62 bits per heavy atom. The van der Waals surface area contributed by atoms with Crippen LogP contribution in [0.15, 0.2) is 65.6 Å². The molecule has 4 rings (SSSR count). The molecular weight excluding hydrogens is 491 g/mol. The Balaban J connectivity index is 1.61. The van der Waals surface area contributed by atoms with Crippen molar-refractivity contribution < 1.29 is 13.2 Å². The fourth-order valence-electron chi connectivity index (χ4n) is 4.20. The van der Waals surface area contributed by atoms with E-state index in [1.165, 1.54) is 41.5 Å². The molecule has 0 aliphatic heterocycles. The highest BCUT2D eigenvalue weighted by molar-refractivity contribution is 7.92. The van der Waals surface area contributed by atoms with Gasteiger partial charge in [0.15, 0.2) is 0 Å². The second-order valence-corrected chi connectivity index (χ2v) is 11.4. The lowest BCUT2D eigenvalue weighted by Gasteiger charge is -2.25. The van der Waals surface area contributed by atoms with E-state index < -0.39 is 22.5 Å². The molecule has 1 aliphatic rings. The number of hydrogen-bond acceptors (Lipinski definition) is 3. The van der Waals surface area contributed by atoms with E-state index in [1.807, 2.05) is 19.9 Å². The average Bonchev–Trinajstić information content (AvgIpc) is 3.25. The van der Waals surface area contributed by atoms with Crippen LogP contribution in [0.5, 0.6) is 0 Å². The maximum absolute atomic E-state index is 13.5. The van der Waals surface area contributed by atoms with Crippen LogP contribution in [0.1, 0.15) is 41.6 Å². The van der Waals surface area contributed by atoms with Crippen molar-refractivity contribution in [3.8, 4) is 0 Å². The van der Waals surface area contributed by atoms with Crippen LogP contribution < -0.4 is 9.62 Å². The lowest BCUT2D eigenvalue weighted by atomic mass is 10.0. The molecule has 5 nitrogen and oxygen atoms in total. The molecule has 0 bridgehead atoms. The van der Waals surface area contributed by atoms with Gasteiger partial charge in [0, 0.05) is 10.0 Å². The highest BCUT2D eigenvalue weighted by Crippen LogP contribution is 2.30. The van der Waals surface area contributed by atoms with E-state index in [2.05, 4.69) is 17.4 Å². The quantitative estimate of drug-likeness (QED) is 0.427. The molecule has 1 aliphatic carbocycles. The van der Waals surface area contributed by atoms with E-state index in [0.29, 0.717) is 0 Å². The monoisotopic (exact) mass is 516 g/mol. The van der Waals surface area contributed by atoms with Gasteiger partial charge in [-0.2, -0.15) is 0 Å². The van der Waals surface area contributed by atoms with Gasteiger partial charge in [0.05, 0.1) is 16.6 Å². The molecule has 0 saturated heterocycles. The predicted octanol–water partition coefficient (Wildman–Crippen LogP) is 5.86. The van der Waals surface area contributed by atoms with Crippen LogP contribution >= 0.6 is 23.2 Å². The van der Waals surface area contributed by atoms with Gasteiger partial charge in [0.1, 0.15) is 6.54 Å². The predicted molar refractivity (Wildman–Crippen MR) is 137 cm³/mol. The fourth-order valence-corrected chi connectivity index (χ4v) is 6.12. The molecule has 1 atom stereocenters. The molecule has 178 valence electrons. The summed E-state index contributed by atoms with van der Waals surface area (Å²) in [4.78, 5) is 13.1. The summed E-state index contributed by atoms with van der Waals surface area (Å²) in [7, 11) is -4.05. The lowest BCUT2D eigenvalue weighted by molar-refractivity contribution is -0.120. The van der Waals surface area contributed by atoms with Crippen LogP contribution in [0.2, 0.25) is 10.0 Å². The van der Waals surface area contributed by atoms with Crippen molar-refractivity contribution in [2.24, 2.45) is 0 Å². The number of fused-ring (bicyclic) bond motifs is 1. The topological polar surface area (TPSA) is 66.5 Å². The largest absolute Gasteiger partial charge is 0.348 e. The van der Waals surface area contributed by atoms with Crippen molar-refractivity contribution in [2.45, 2.75) is 44.0 Å². The zero-order valence-electron chi connectivity index (χ0n) is 19.0. The Bertz CT molecular complexity index is 1300. The number of anilines is 1. The standard InChI is InChI=1S/C26H26Cl2N2O3S/c1-17-6-10-25(11-7-17)34(32,33)30(24-14-22(27)13-23(28)15-24)16-26(31)29-18(2)20-9-8-19-4-3-5-21(19)12-20/h6-15,18H,3-5,16H2,1-2H3,(H,29,31)/t18-/m1/s1. The van der Waals surface area contributed by atoms with Crippen molar-refractivity contribution in [3.63, 3.8) is 0 Å². The smallest absolute Gasteiger partial charge is 0.264 e. The molecular formula is C26H26Cl2N2O3S. The van der Waals surface area contributed by atoms with Crippen molar-refractivity contribution >= 4 is 44.8 Å². The Morgan fingerprint density at radius 1 is 0.971 bits per heavy atom. The fraction of sp³-hybridized carbons (Fsp3) is 0.269. The highest BCUT2D eigenvalue weighted by atomic mass is 35.5. The molecule has 3 aromatic carbocycles. The van der Waals surface area contributed by atoms with E-state index in [4.69, 9.17) is 23.2 Å². The van der Waals surface area contributed by atoms with Crippen LogP contribution in [0, 0.1) is 6.92 Å². The molecule has 34 heavy (non-hydrogen) atoms. The summed E-state index contributed by atoms with van der Waals surface area (Å²) in [6.07, 6.45) is 3.28. The van der Waals surface area contributed by atoms with Gasteiger partial charge in [0.25, 0.3) is 10.0 Å². The van der Waals surface area contributed by atoms with Crippen LogP contribution in [0.4, 0.5) is 5.69 Å². The summed E-state index contributed by atoms with van der Waals surface area (Å²) in [5.74, 6) is -0.431. The summed E-state index contributed by atoms with van der Waals surface area (Å²) in [6.45, 7) is 3.35. The van der Waals surface area contributed by atoms with Gasteiger partial charge in [-0.25, -0.2) is 8.42 Å². The zero-order chi connectivity index (χ0) is 24.5. The number of amides is 1. The second kappa shape index (κ2) is 9.98. The first kappa shape index (κ1) is 24.6. The number of carbonyl (C=O) groups excluding carboxylic acids is 1. The Labute approximate surface area is 210 Å². The SMILES string of the molecule is Cc1ccc(S(=O)(=O)N(CC(=O)N[C@H](C)c2ccc3c(c2)CCC3)c2cc(Cl)cc(Cl)c2)cc1.